The molecule has 0 aliphatic heterocycles. The molecule has 147 heavy (non-hydrogen) atoms. The molecule has 0 atom stereocenters. The van der Waals surface area contributed by atoms with Crippen LogP contribution in [0.25, 0.3) is 193 Å². The molecule has 0 fully saturated rings. The third-order valence-electron chi connectivity index (χ3n) is 26.4. The van der Waals surface area contributed by atoms with E-state index in [1.807, 2.05) is 183 Å². The first-order valence-corrected chi connectivity index (χ1v) is 47.3. The van der Waals surface area contributed by atoms with Crippen molar-refractivity contribution in [1.82, 2.24) is 47.8 Å². The van der Waals surface area contributed by atoms with E-state index in [2.05, 4.69) is 260 Å². The van der Waals surface area contributed by atoms with Crippen LogP contribution in [-0.4, -0.2) is 120 Å². The number of hydrogen-bond donors (Lipinski definition) is 2. The van der Waals surface area contributed by atoms with Gasteiger partial charge in [-0.25, -0.2) is 34.5 Å². The van der Waals surface area contributed by atoms with Crippen molar-refractivity contribution in [2.24, 2.45) is 0 Å². The number of carbonyl (C=O) groups excluding carboxylic acids is 1. The number of nitriles is 1. The van der Waals surface area contributed by atoms with E-state index >= 15 is 0 Å². The molecule has 25 aromatic rings. The molecule has 22 nitrogen and oxygen atoms in total. The summed E-state index contributed by atoms with van der Waals surface area (Å²) in [6.45, 7) is 0. The molecule has 0 aliphatic carbocycles. The molecule has 5 aromatic heterocycles. The van der Waals surface area contributed by atoms with Crippen LogP contribution in [0.1, 0.15) is 26.3 Å². The van der Waals surface area contributed by atoms with Crippen LogP contribution >= 0.6 is 0 Å². The molecule has 0 aliphatic rings. The van der Waals surface area contributed by atoms with E-state index in [0.29, 0.717) is 34.1 Å². The number of phenolic OH excluding ortho intramolecular Hbond substituents is 1. The Morgan fingerprint density at radius 3 is 0.803 bits per heavy atom. The highest BCUT2D eigenvalue weighted by molar-refractivity contribution is 6.02. The third-order valence-corrected chi connectivity index (χ3v) is 26.4. The van der Waals surface area contributed by atoms with E-state index in [0.717, 1.165) is 194 Å². The number of aromatic hydroxyl groups is 1. The number of esters is 1. The Hall–Kier alpha value is -19.9. The minimum absolute atomic E-state index is 0.140. The number of hydrogen-bond acceptors (Lipinski definition) is 16. The van der Waals surface area contributed by atoms with E-state index in [4.69, 9.17) is 33.2 Å². The minimum atomic E-state index is -1.01. The van der Waals surface area contributed by atoms with Gasteiger partial charge in [0.25, 0.3) is 0 Å². The highest BCUT2D eigenvalue weighted by Gasteiger charge is 2.22. The first kappa shape index (κ1) is 93.4. The number of ether oxygens (including phenoxy) is 7. The van der Waals surface area contributed by atoms with Gasteiger partial charge >= 0.3 is 11.9 Å². The van der Waals surface area contributed by atoms with Gasteiger partial charge in [-0.2, -0.15) is 5.26 Å². The summed E-state index contributed by atoms with van der Waals surface area (Å²) in [4.78, 5) is 45.9. The maximum Gasteiger partial charge on any atom is 0.341 e. The topological polar surface area (TPSA) is 252 Å². The number of carbonyl (C=O) groups is 2. The van der Waals surface area contributed by atoms with Crippen molar-refractivity contribution >= 4 is 121 Å². The normalized spacial score (nSPS) is 11.1. The summed E-state index contributed by atoms with van der Waals surface area (Å²) < 4.78 is 47.6. The number of carboxylic acid groups (broad SMARTS) is 1. The van der Waals surface area contributed by atoms with Crippen LogP contribution in [-0.2, 0) is 4.74 Å². The van der Waals surface area contributed by atoms with Crippen LogP contribution in [0.2, 0.25) is 0 Å². The zero-order valence-corrected chi connectivity index (χ0v) is 80.9. The number of carboxylic acids is 1. The molecular formula is C125H93N11O11. The molecule has 0 radical (unpaired) electrons. The Bertz CT molecular complexity index is 9420. The lowest BCUT2D eigenvalue weighted by molar-refractivity contribution is 0.0596. The summed E-state index contributed by atoms with van der Waals surface area (Å²) in [6, 6.07) is 134. The second-order valence-corrected chi connectivity index (χ2v) is 34.7. The minimum Gasteiger partial charge on any atom is -0.504 e. The zero-order valence-electron chi connectivity index (χ0n) is 80.9. The van der Waals surface area contributed by atoms with Crippen LogP contribution in [0.3, 0.4) is 0 Å². The van der Waals surface area contributed by atoms with Crippen LogP contribution in [0.4, 0.5) is 0 Å². The van der Waals surface area contributed by atoms with Crippen molar-refractivity contribution in [3.63, 3.8) is 0 Å². The molecule has 0 unspecified atom stereocenters. The summed E-state index contributed by atoms with van der Waals surface area (Å²) >= 11 is 0. The third kappa shape index (κ3) is 18.5. The molecule has 22 heteroatoms. The van der Waals surface area contributed by atoms with Crippen molar-refractivity contribution in [2.45, 2.75) is 0 Å². The van der Waals surface area contributed by atoms with Crippen LogP contribution < -0.4 is 28.4 Å². The van der Waals surface area contributed by atoms with Gasteiger partial charge in [-0.1, -0.05) is 212 Å². The Labute approximate surface area is 844 Å². The zero-order chi connectivity index (χ0) is 101. The molecule has 5 heterocycles. The molecule has 714 valence electrons. The number of phenols is 1. The van der Waals surface area contributed by atoms with Crippen LogP contribution in [0.5, 0.6) is 40.2 Å². The number of nitrogens with zero attached hydrogens (tertiary/aromatic N) is 11. The van der Waals surface area contributed by atoms with Crippen molar-refractivity contribution in [3.8, 4) is 130 Å². The van der Waals surface area contributed by atoms with Gasteiger partial charge in [0.05, 0.1) is 139 Å². The van der Waals surface area contributed by atoms with Crippen LogP contribution in [0.15, 0.2) is 426 Å². The fraction of sp³-hybridized carbons (Fsp3) is 0.0560. The molecule has 0 saturated heterocycles. The summed E-state index contributed by atoms with van der Waals surface area (Å²) in [5, 5.41) is 39.8. The molecule has 0 saturated carbocycles. The van der Waals surface area contributed by atoms with Crippen LogP contribution in [0, 0.1) is 11.3 Å². The van der Waals surface area contributed by atoms with Gasteiger partial charge in [-0.05, 0) is 265 Å². The fourth-order valence-electron chi connectivity index (χ4n) is 19.1. The monoisotopic (exact) mass is 1920 g/mol. The van der Waals surface area contributed by atoms with Crippen molar-refractivity contribution in [2.75, 3.05) is 49.8 Å². The average molecular weight is 1930 g/mol. The van der Waals surface area contributed by atoms with Gasteiger partial charge in [0.2, 0.25) is 0 Å². The number of benzene rings is 20. The lowest BCUT2D eigenvalue weighted by Crippen LogP contribution is -2.04. The van der Waals surface area contributed by atoms with Gasteiger partial charge in [0, 0.05) is 26.9 Å². The largest absolute Gasteiger partial charge is 0.504 e. The number of aromatic carboxylic acids is 1. The number of rotatable bonds is 18. The number of para-hydroxylation sites is 10. The van der Waals surface area contributed by atoms with Gasteiger partial charge in [0.15, 0.2) is 23.0 Å². The Kier molecular flexibility index (Phi) is 26.1. The van der Waals surface area contributed by atoms with E-state index in [1.165, 1.54) is 25.0 Å². The number of methoxy groups -OCH3 is 7. The average Bonchev–Trinajstić information content (AvgIpc) is 1.72. The SMILES string of the molecule is COC(=O)c1ccc(-c2ccc3c(-n4cnc5ccccc54)cccc3c2)cc1OC.COc1cc(-c2ccc3c(-n4cnc5ccccc54)cccc3c2)ccc1C#N.COc1cc(-c2ccc3c(-n4cnc5ccccc54)cccc3c2)ccc1C(=O)O.COc1cc(-c2ccc3c(-n4cnc5ccccc54)cccc3c2)ccc1O.COc1ccc(-c2ccc3c(-n4cnc5ccccc54)cccc3c2)cc1OC. The standard InChI is InChI=1S/C26H20N2O3.C25H17N3O.C25H18N2O3.C25H20N2O2.C24H18N2O2/c1-30-25-15-18(11-13-21(25)26(29)31-2)17-10-12-20-19(14-17)6-5-9-23(20)28-16-27-22-7-3-4-8-24(22)28;1-29-25-14-18(9-10-20(25)15-26)17-11-12-21-19(13-17)5-4-8-23(21)28-16-27-22-6-2-3-7-24(22)28;1-30-24-14-17(10-12-20(24)25(28)29)16-9-11-19-18(13-16)5-4-8-22(19)27-15-26-21-6-2-3-7-23(21)27;1-28-24-13-11-18(15-25(24)29-2)17-10-12-20-19(14-17)6-5-9-22(20)27-16-26-21-7-3-4-8-23(21)27;1-28-24-14-17(10-12-23(24)27)16-9-11-19-18(13-16)5-4-8-21(19)26-15-25-20-6-2-3-7-22(20)26/h3-16H,1-2H3;2-14,16H,1H3;2-15H,1H3,(H,28,29);3-16H,1-2H3;2-15,27H,1H3. The first-order valence-electron chi connectivity index (χ1n) is 47.3. The van der Waals surface area contributed by atoms with Crippen molar-refractivity contribution < 1.29 is 53.0 Å². The van der Waals surface area contributed by atoms with E-state index < -0.39 is 11.9 Å². The summed E-state index contributed by atoms with van der Waals surface area (Å²) in [5.41, 5.74) is 27.1. The van der Waals surface area contributed by atoms with Gasteiger partial charge in [-0.15, -0.1) is 0 Å². The highest BCUT2D eigenvalue weighted by Crippen LogP contribution is 2.42. The lowest BCUT2D eigenvalue weighted by atomic mass is 9.99. The molecule has 25 rings (SSSR count). The second kappa shape index (κ2) is 41.1. The van der Waals surface area contributed by atoms with E-state index in [1.54, 1.807) is 71.9 Å². The quantitative estimate of drug-likeness (QED) is 0.0757. The molecule has 0 spiro atoms. The number of aromatic nitrogens is 10. The van der Waals surface area contributed by atoms with Crippen molar-refractivity contribution in [1.29, 1.82) is 5.26 Å². The Morgan fingerprint density at radius 2 is 0.503 bits per heavy atom. The predicted molar refractivity (Wildman–Crippen MR) is 584 cm³/mol. The molecule has 0 amide bonds. The van der Waals surface area contributed by atoms with E-state index in [-0.39, 0.29) is 11.3 Å². The Morgan fingerprint density at radius 1 is 0.252 bits per heavy atom. The van der Waals surface area contributed by atoms with Gasteiger partial charge < -0.3 is 43.4 Å². The van der Waals surface area contributed by atoms with Gasteiger partial charge in [0.1, 0.15) is 66.1 Å². The molecule has 2 N–H and O–H groups in total. The second-order valence-electron chi connectivity index (χ2n) is 34.7. The first-order chi connectivity index (χ1) is 72.1. The summed E-state index contributed by atoms with van der Waals surface area (Å²) in [5.74, 6) is 2.06. The Balaban J connectivity index is 0.000000108. The highest BCUT2D eigenvalue weighted by atomic mass is 16.5. The van der Waals surface area contributed by atoms with E-state index in [9.17, 15) is 25.1 Å². The molecule has 0 bridgehead atoms. The summed E-state index contributed by atoms with van der Waals surface area (Å²) in [7, 11) is 10.8. The van der Waals surface area contributed by atoms with Gasteiger partial charge in [-0.3, -0.25) is 22.8 Å². The maximum atomic E-state index is 11.9. The summed E-state index contributed by atoms with van der Waals surface area (Å²) in [6.07, 6.45) is 9.35. The smallest absolute Gasteiger partial charge is 0.341 e. The fourth-order valence-corrected chi connectivity index (χ4v) is 19.1. The van der Waals surface area contributed by atoms with Crippen molar-refractivity contribution in [3.05, 3.63) is 443 Å². The molecular weight excluding hydrogens is 1830 g/mol. The lowest BCUT2D eigenvalue weighted by Gasteiger charge is -2.12. The number of fused-ring (bicyclic) bond motifs is 10. The molecule has 20 aromatic carbocycles. The predicted octanol–water partition coefficient (Wildman–Crippen LogP) is 28.3. The maximum absolute atomic E-state index is 11.9. The number of imidazole rings is 5.